The van der Waals surface area contributed by atoms with Gasteiger partial charge >= 0.3 is 0 Å². The van der Waals surface area contributed by atoms with Gasteiger partial charge in [0.1, 0.15) is 0 Å². The van der Waals surface area contributed by atoms with Crippen molar-refractivity contribution in [2.75, 3.05) is 19.0 Å². The minimum Gasteiger partial charge on any atom is -0.493 e. The average Bonchev–Trinajstić information content (AvgIpc) is 3.29. The van der Waals surface area contributed by atoms with Gasteiger partial charge in [0.2, 0.25) is 0 Å². The van der Waals surface area contributed by atoms with Gasteiger partial charge < -0.3 is 14.8 Å². The van der Waals surface area contributed by atoms with Crippen LogP contribution in [-0.2, 0) is 9.84 Å². The molecule has 0 radical (unpaired) electrons. The Bertz CT molecular complexity index is 1010. The average molecular weight is 446 g/mol. The van der Waals surface area contributed by atoms with E-state index in [4.69, 9.17) is 9.47 Å². The molecular weight excluding hydrogens is 414 g/mol. The van der Waals surface area contributed by atoms with Crippen molar-refractivity contribution >= 4 is 21.4 Å². The largest absolute Gasteiger partial charge is 0.493 e. The van der Waals surface area contributed by atoms with Gasteiger partial charge in [0.05, 0.1) is 23.9 Å². The van der Waals surface area contributed by atoms with Gasteiger partial charge in [-0.3, -0.25) is 4.79 Å². The third kappa shape index (κ3) is 5.79. The molecule has 0 heterocycles. The first-order valence-corrected chi connectivity index (χ1v) is 12.3. The molecule has 0 unspecified atom stereocenters. The summed E-state index contributed by atoms with van der Waals surface area (Å²) in [6, 6.07) is 11.5. The molecule has 6 nitrogen and oxygen atoms in total. The van der Waals surface area contributed by atoms with E-state index in [1.807, 2.05) is 0 Å². The highest BCUT2D eigenvalue weighted by Gasteiger charge is 2.30. The molecule has 1 aliphatic rings. The van der Waals surface area contributed by atoms with Gasteiger partial charge in [0.15, 0.2) is 21.3 Å². The van der Waals surface area contributed by atoms with Crippen LogP contribution in [0.1, 0.15) is 56.3 Å². The molecular formula is C24H31NO5S. The summed E-state index contributed by atoms with van der Waals surface area (Å²) in [5, 5.41) is 2.46. The van der Waals surface area contributed by atoms with Crippen molar-refractivity contribution in [3.05, 3.63) is 48.0 Å². The Kier molecular flexibility index (Phi) is 7.59. The van der Waals surface area contributed by atoms with Gasteiger partial charge in [-0.1, -0.05) is 32.8 Å². The number of rotatable bonds is 9. The molecule has 1 amide bonds. The quantitative estimate of drug-likeness (QED) is 0.581. The van der Waals surface area contributed by atoms with Gasteiger partial charge in [-0.05, 0) is 61.6 Å². The Morgan fingerprint density at radius 1 is 1.10 bits per heavy atom. The number of sulfone groups is 1. The van der Waals surface area contributed by atoms with Crippen LogP contribution < -0.4 is 14.8 Å². The van der Waals surface area contributed by atoms with Gasteiger partial charge in [0.25, 0.3) is 5.91 Å². The Hall–Kier alpha value is -2.54. The predicted molar refractivity (Wildman–Crippen MR) is 122 cm³/mol. The first kappa shape index (κ1) is 23.1. The molecule has 3 rings (SSSR count). The number of benzene rings is 2. The number of hydrogen-bond donors (Lipinski definition) is 1. The van der Waals surface area contributed by atoms with Crippen molar-refractivity contribution in [1.82, 2.24) is 0 Å². The lowest BCUT2D eigenvalue weighted by atomic mass is 10.1. The zero-order valence-electron chi connectivity index (χ0n) is 18.4. The molecule has 0 spiro atoms. The van der Waals surface area contributed by atoms with Crippen LogP contribution in [0.5, 0.6) is 11.5 Å². The van der Waals surface area contributed by atoms with Crippen LogP contribution in [-0.4, -0.2) is 33.3 Å². The molecule has 1 fully saturated rings. The number of hydrogen-bond acceptors (Lipinski definition) is 5. The van der Waals surface area contributed by atoms with Crippen LogP contribution in [0.2, 0.25) is 0 Å². The van der Waals surface area contributed by atoms with E-state index >= 15 is 0 Å². The van der Waals surface area contributed by atoms with Crippen LogP contribution in [0.4, 0.5) is 5.69 Å². The van der Waals surface area contributed by atoms with E-state index in [0.29, 0.717) is 48.1 Å². The maximum atomic E-state index is 12.8. The Morgan fingerprint density at radius 2 is 1.84 bits per heavy atom. The highest BCUT2D eigenvalue weighted by molar-refractivity contribution is 7.92. The topological polar surface area (TPSA) is 81.7 Å². The number of carbonyl (C=O) groups is 1. The fourth-order valence-electron chi connectivity index (χ4n) is 3.68. The number of nitrogens with one attached hydrogen (secondary N) is 1. The first-order valence-electron chi connectivity index (χ1n) is 10.8. The summed E-state index contributed by atoms with van der Waals surface area (Å²) in [5.74, 6) is 1.25. The van der Waals surface area contributed by atoms with E-state index < -0.39 is 9.84 Å². The van der Waals surface area contributed by atoms with Crippen molar-refractivity contribution in [1.29, 1.82) is 0 Å². The molecule has 2 aromatic rings. The monoisotopic (exact) mass is 445 g/mol. The molecule has 1 aliphatic carbocycles. The van der Waals surface area contributed by atoms with E-state index in [2.05, 4.69) is 19.2 Å². The van der Waals surface area contributed by atoms with Crippen LogP contribution in [0.15, 0.2) is 47.4 Å². The van der Waals surface area contributed by atoms with Crippen LogP contribution in [0.3, 0.4) is 0 Å². The van der Waals surface area contributed by atoms with Gasteiger partial charge in [-0.2, -0.15) is 0 Å². The number of carbonyl (C=O) groups excluding carboxylic acids is 1. The third-order valence-corrected chi connectivity index (χ3v) is 7.80. The van der Waals surface area contributed by atoms with Gasteiger partial charge in [-0.15, -0.1) is 0 Å². The van der Waals surface area contributed by atoms with Crippen LogP contribution in [0.25, 0.3) is 0 Å². The summed E-state index contributed by atoms with van der Waals surface area (Å²) in [6.07, 6.45) is 4.21. The second-order valence-electron chi connectivity index (χ2n) is 8.33. The lowest BCUT2D eigenvalue weighted by Crippen LogP contribution is -2.18. The Morgan fingerprint density at radius 3 is 2.52 bits per heavy atom. The van der Waals surface area contributed by atoms with Crippen molar-refractivity contribution in [2.24, 2.45) is 5.92 Å². The zero-order valence-corrected chi connectivity index (χ0v) is 19.2. The lowest BCUT2D eigenvalue weighted by Gasteiger charge is -2.14. The maximum absolute atomic E-state index is 12.8. The number of amides is 1. The summed E-state index contributed by atoms with van der Waals surface area (Å²) in [5.41, 5.74) is 0.845. The number of anilines is 1. The Labute approximate surface area is 184 Å². The normalized spacial score (nSPS) is 14.6. The molecule has 168 valence electrons. The highest BCUT2D eigenvalue weighted by atomic mass is 32.2. The molecule has 1 saturated carbocycles. The second kappa shape index (κ2) is 10.2. The molecule has 0 aromatic heterocycles. The summed E-state index contributed by atoms with van der Waals surface area (Å²) in [6.45, 7) is 4.83. The summed E-state index contributed by atoms with van der Waals surface area (Å²) < 4.78 is 36.8. The fourth-order valence-corrected chi connectivity index (χ4v) is 5.58. The zero-order chi connectivity index (χ0) is 22.4. The first-order chi connectivity index (χ1) is 14.8. The standard InChI is InChI=1S/C24H31NO5S/c1-17(2)13-14-30-22-12-11-18(15-23(22)29-3)24(26)25-19-7-6-10-21(16-19)31(27,28)20-8-4-5-9-20/h6-7,10-12,15-17,20H,4-5,8-9,13-14H2,1-3H3,(H,25,26). The van der Waals surface area contributed by atoms with Crippen molar-refractivity contribution < 1.29 is 22.7 Å². The van der Waals surface area contributed by atoms with E-state index in [1.165, 1.54) is 13.2 Å². The van der Waals surface area contributed by atoms with Crippen LogP contribution in [0, 0.1) is 5.92 Å². The summed E-state index contributed by atoms with van der Waals surface area (Å²) >= 11 is 0. The predicted octanol–water partition coefficient (Wildman–Crippen LogP) is 5.09. The minimum atomic E-state index is -3.38. The van der Waals surface area contributed by atoms with Crippen molar-refractivity contribution in [3.63, 3.8) is 0 Å². The SMILES string of the molecule is COc1cc(C(=O)Nc2cccc(S(=O)(=O)C3CCCC3)c2)ccc1OCCC(C)C. The highest BCUT2D eigenvalue weighted by Crippen LogP contribution is 2.31. The van der Waals surface area contributed by atoms with Gasteiger partial charge in [0, 0.05) is 11.3 Å². The molecule has 0 bridgehead atoms. The van der Waals surface area contributed by atoms with E-state index in [1.54, 1.807) is 36.4 Å². The molecule has 0 aliphatic heterocycles. The number of ether oxygens (including phenoxy) is 2. The van der Waals surface area contributed by atoms with Gasteiger partial charge in [-0.25, -0.2) is 8.42 Å². The van der Waals surface area contributed by atoms with E-state index in [9.17, 15) is 13.2 Å². The van der Waals surface area contributed by atoms with Crippen molar-refractivity contribution in [3.8, 4) is 11.5 Å². The smallest absolute Gasteiger partial charge is 0.255 e. The van der Waals surface area contributed by atoms with E-state index in [0.717, 1.165) is 19.3 Å². The van der Waals surface area contributed by atoms with Crippen molar-refractivity contribution in [2.45, 2.75) is 56.1 Å². The molecule has 0 saturated heterocycles. The Balaban J connectivity index is 1.72. The minimum absolute atomic E-state index is 0.253. The molecule has 7 heteroatoms. The summed E-state index contributed by atoms with van der Waals surface area (Å²) in [7, 11) is -1.85. The molecule has 0 atom stereocenters. The fraction of sp³-hybridized carbons (Fsp3) is 0.458. The molecule has 31 heavy (non-hydrogen) atoms. The molecule has 1 N–H and O–H groups in total. The summed E-state index contributed by atoms with van der Waals surface area (Å²) in [4.78, 5) is 13.0. The maximum Gasteiger partial charge on any atom is 0.255 e. The van der Waals surface area contributed by atoms with E-state index in [-0.39, 0.29) is 16.1 Å². The second-order valence-corrected chi connectivity index (χ2v) is 10.6. The molecule has 2 aromatic carbocycles. The third-order valence-electron chi connectivity index (χ3n) is 5.54. The van der Waals surface area contributed by atoms with Crippen LogP contribution >= 0.6 is 0 Å². The number of methoxy groups -OCH3 is 1. The lowest BCUT2D eigenvalue weighted by molar-refractivity contribution is 0.102.